The molecule has 0 saturated carbocycles. The molecule has 0 radical (unpaired) electrons. The van der Waals surface area contributed by atoms with Gasteiger partial charge in [0.15, 0.2) is 11.5 Å². The maximum atomic E-state index is 12.6. The minimum atomic E-state index is -0.336. The molecule has 6 nitrogen and oxygen atoms in total. The fourth-order valence-electron chi connectivity index (χ4n) is 4.35. The zero-order valence-electron chi connectivity index (χ0n) is 18.9. The summed E-state index contributed by atoms with van der Waals surface area (Å²) in [6.45, 7) is 3.56. The highest BCUT2D eigenvalue weighted by atomic mass is 16.5. The van der Waals surface area contributed by atoms with Crippen LogP contribution in [-0.2, 0) is 17.8 Å². The van der Waals surface area contributed by atoms with Crippen LogP contribution in [0.15, 0.2) is 78.6 Å². The monoisotopic (exact) mass is 453 g/mol. The van der Waals surface area contributed by atoms with Crippen molar-refractivity contribution in [1.29, 1.82) is 0 Å². The van der Waals surface area contributed by atoms with Gasteiger partial charge in [0.05, 0.1) is 5.69 Å². The van der Waals surface area contributed by atoms with Gasteiger partial charge in [0, 0.05) is 31.7 Å². The van der Waals surface area contributed by atoms with Gasteiger partial charge in [-0.3, -0.25) is 14.5 Å². The number of carbonyl (C=O) groups excluding carboxylic acids is 2. The van der Waals surface area contributed by atoms with Crippen LogP contribution in [0.4, 0.5) is 5.69 Å². The van der Waals surface area contributed by atoms with Crippen LogP contribution < -0.4 is 15.4 Å². The minimum absolute atomic E-state index is 0.160. The van der Waals surface area contributed by atoms with Gasteiger partial charge in [-0.2, -0.15) is 0 Å². The maximum Gasteiger partial charge on any atom is 0.291 e. The second-order valence-corrected chi connectivity index (χ2v) is 8.59. The van der Waals surface area contributed by atoms with E-state index < -0.39 is 0 Å². The van der Waals surface area contributed by atoms with E-state index >= 15 is 0 Å². The third kappa shape index (κ3) is 5.02. The van der Waals surface area contributed by atoms with E-state index in [0.717, 1.165) is 38.0 Å². The Bertz CT molecular complexity index is 1240. The molecule has 2 N–H and O–H groups in total. The summed E-state index contributed by atoms with van der Waals surface area (Å²) in [4.78, 5) is 27.5. The lowest BCUT2D eigenvalue weighted by atomic mass is 10.00. The summed E-state index contributed by atoms with van der Waals surface area (Å²) in [5.74, 6) is 0.239. The van der Waals surface area contributed by atoms with E-state index in [1.54, 1.807) is 24.3 Å². The molecule has 2 aliphatic rings. The van der Waals surface area contributed by atoms with Gasteiger partial charge in [-0.1, -0.05) is 54.6 Å². The van der Waals surface area contributed by atoms with Crippen molar-refractivity contribution in [2.45, 2.75) is 19.4 Å². The predicted molar refractivity (Wildman–Crippen MR) is 132 cm³/mol. The predicted octanol–water partition coefficient (Wildman–Crippen LogP) is 4.24. The molecule has 0 spiro atoms. The van der Waals surface area contributed by atoms with Crippen molar-refractivity contribution in [3.05, 3.63) is 101 Å². The number of nitrogens with zero attached hydrogens (tertiary/aromatic N) is 1. The number of hydrogen-bond acceptors (Lipinski definition) is 4. The molecule has 3 aromatic carbocycles. The van der Waals surface area contributed by atoms with Gasteiger partial charge in [-0.25, -0.2) is 0 Å². The minimum Gasteiger partial charge on any atom is -0.449 e. The van der Waals surface area contributed by atoms with Gasteiger partial charge in [-0.05, 0) is 53.8 Å². The molecule has 0 bridgehead atoms. The summed E-state index contributed by atoms with van der Waals surface area (Å²) in [6, 6.07) is 23.2. The third-order valence-corrected chi connectivity index (χ3v) is 6.18. The van der Waals surface area contributed by atoms with E-state index in [1.165, 1.54) is 11.1 Å². The lowest BCUT2D eigenvalue weighted by Gasteiger charge is -2.28. The number of fused-ring (bicyclic) bond motifs is 2. The van der Waals surface area contributed by atoms with Gasteiger partial charge in [0.2, 0.25) is 0 Å². The largest absolute Gasteiger partial charge is 0.449 e. The average Bonchev–Trinajstić information content (AvgIpc) is 2.87. The molecular formula is C28H27N3O3. The molecule has 5 rings (SSSR count). The van der Waals surface area contributed by atoms with E-state index in [4.69, 9.17) is 4.74 Å². The lowest BCUT2D eigenvalue weighted by Crippen LogP contribution is -2.33. The Kier molecular flexibility index (Phi) is 6.40. The van der Waals surface area contributed by atoms with Crippen molar-refractivity contribution in [2.24, 2.45) is 0 Å². The second-order valence-electron chi connectivity index (χ2n) is 8.59. The summed E-state index contributed by atoms with van der Waals surface area (Å²) in [5.41, 5.74) is 4.71. The second kappa shape index (κ2) is 9.93. The Morgan fingerprint density at radius 2 is 1.82 bits per heavy atom. The van der Waals surface area contributed by atoms with E-state index in [-0.39, 0.29) is 17.6 Å². The van der Waals surface area contributed by atoms with Crippen molar-refractivity contribution in [2.75, 3.05) is 25.0 Å². The number of rotatable bonds is 6. The molecular weight excluding hydrogens is 426 g/mol. The Labute approximate surface area is 199 Å². The van der Waals surface area contributed by atoms with Crippen molar-refractivity contribution in [3.8, 4) is 5.75 Å². The fraction of sp³-hybridized carbons (Fsp3) is 0.214. The summed E-state index contributed by atoms with van der Waals surface area (Å²) in [7, 11) is 0. The number of anilines is 1. The van der Waals surface area contributed by atoms with Crippen LogP contribution in [0.2, 0.25) is 0 Å². The molecule has 172 valence electrons. The normalized spacial score (nSPS) is 16.2. The average molecular weight is 454 g/mol. The first-order valence-corrected chi connectivity index (χ1v) is 11.6. The summed E-state index contributed by atoms with van der Waals surface area (Å²) in [6.07, 6.45) is 3.65. The van der Waals surface area contributed by atoms with Gasteiger partial charge in [0.25, 0.3) is 11.8 Å². The van der Waals surface area contributed by atoms with E-state index in [9.17, 15) is 9.59 Å². The SMILES string of the molecule is O=C1Nc2cc(C(=O)NCCCN3CCc4ccccc4C3)ccc2OC1=Cc1ccccc1. The van der Waals surface area contributed by atoms with Gasteiger partial charge in [-0.15, -0.1) is 0 Å². The van der Waals surface area contributed by atoms with E-state index in [0.29, 0.717) is 23.5 Å². The standard InChI is InChI=1S/C28H27N3O3/c32-27(29-14-6-15-31-16-13-21-9-4-5-10-23(21)19-31)22-11-12-25-24(18-22)30-28(33)26(34-25)17-20-7-2-1-3-8-20/h1-5,7-12,17-18H,6,13-16,19H2,(H,29,32)(H,30,33). The number of nitrogens with one attached hydrogen (secondary N) is 2. The molecule has 0 unspecified atom stereocenters. The number of ether oxygens (including phenoxy) is 1. The molecule has 2 heterocycles. The van der Waals surface area contributed by atoms with Gasteiger partial charge >= 0.3 is 0 Å². The van der Waals surface area contributed by atoms with Crippen LogP contribution in [-0.4, -0.2) is 36.3 Å². The third-order valence-electron chi connectivity index (χ3n) is 6.18. The lowest BCUT2D eigenvalue weighted by molar-refractivity contribution is -0.115. The number of hydrogen-bond donors (Lipinski definition) is 2. The Morgan fingerprint density at radius 1 is 1.03 bits per heavy atom. The van der Waals surface area contributed by atoms with Crippen LogP contribution in [0.3, 0.4) is 0 Å². The van der Waals surface area contributed by atoms with Crippen LogP contribution in [0.25, 0.3) is 6.08 Å². The molecule has 3 aromatic rings. The van der Waals surface area contributed by atoms with Crippen molar-refractivity contribution in [1.82, 2.24) is 10.2 Å². The summed E-state index contributed by atoms with van der Waals surface area (Å²) >= 11 is 0. The van der Waals surface area contributed by atoms with Crippen LogP contribution in [0.5, 0.6) is 5.75 Å². The van der Waals surface area contributed by atoms with Crippen LogP contribution in [0.1, 0.15) is 33.5 Å². The highest BCUT2D eigenvalue weighted by molar-refractivity contribution is 6.09. The maximum absolute atomic E-state index is 12.6. The Balaban J connectivity index is 1.14. The Hall–Kier alpha value is -3.90. The molecule has 0 saturated heterocycles. The molecule has 0 aliphatic carbocycles. The zero-order valence-corrected chi connectivity index (χ0v) is 18.9. The number of amides is 2. The van der Waals surface area contributed by atoms with Crippen molar-refractivity contribution >= 4 is 23.6 Å². The number of benzene rings is 3. The van der Waals surface area contributed by atoms with Crippen LogP contribution in [0, 0.1) is 0 Å². The molecule has 2 amide bonds. The summed E-state index contributed by atoms with van der Waals surface area (Å²) in [5, 5.41) is 5.81. The first kappa shape index (κ1) is 21.9. The first-order chi connectivity index (χ1) is 16.7. The van der Waals surface area contributed by atoms with Crippen molar-refractivity contribution in [3.63, 3.8) is 0 Å². The molecule has 0 fully saturated rings. The molecule has 0 aromatic heterocycles. The van der Waals surface area contributed by atoms with E-state index in [1.807, 2.05) is 30.3 Å². The molecule has 34 heavy (non-hydrogen) atoms. The zero-order chi connectivity index (χ0) is 23.3. The quantitative estimate of drug-likeness (QED) is 0.433. The highest BCUT2D eigenvalue weighted by Crippen LogP contribution is 2.32. The van der Waals surface area contributed by atoms with E-state index in [2.05, 4.69) is 39.8 Å². The highest BCUT2D eigenvalue weighted by Gasteiger charge is 2.23. The fourth-order valence-corrected chi connectivity index (χ4v) is 4.35. The van der Waals surface area contributed by atoms with Gasteiger partial charge in [0.1, 0.15) is 0 Å². The Morgan fingerprint density at radius 3 is 2.68 bits per heavy atom. The molecule has 2 aliphatic heterocycles. The first-order valence-electron chi connectivity index (χ1n) is 11.6. The smallest absolute Gasteiger partial charge is 0.291 e. The van der Waals surface area contributed by atoms with Gasteiger partial charge < -0.3 is 15.4 Å². The van der Waals surface area contributed by atoms with Crippen molar-refractivity contribution < 1.29 is 14.3 Å². The topological polar surface area (TPSA) is 70.7 Å². The van der Waals surface area contributed by atoms with Crippen LogP contribution >= 0.6 is 0 Å². The molecule has 6 heteroatoms. The summed E-state index contributed by atoms with van der Waals surface area (Å²) < 4.78 is 5.79. The number of carbonyl (C=O) groups is 2. The molecule has 0 atom stereocenters.